The third-order valence-corrected chi connectivity index (χ3v) is 1.77. The molecule has 5 heteroatoms. The molecule has 0 spiro atoms. The number of hydrogen-bond donors (Lipinski definition) is 1. The quantitative estimate of drug-likeness (QED) is 0.455. The van der Waals surface area contributed by atoms with Crippen LogP contribution in [0.2, 0.25) is 0 Å². The number of rotatable bonds is 2. The first-order chi connectivity index (χ1) is 6.19. The third kappa shape index (κ3) is 2.09. The second-order valence-corrected chi connectivity index (χ2v) is 2.59. The average molecular weight is 204 g/mol. The summed E-state index contributed by atoms with van der Waals surface area (Å²) in [4.78, 5) is 0. The maximum atomic E-state index is 13.1. The molecule has 0 saturated heterocycles. The highest BCUT2D eigenvalue weighted by atomic mass is 35.5. The molecule has 0 aliphatic heterocycles. The van der Waals surface area contributed by atoms with E-state index in [0.29, 0.717) is 5.75 Å². The fourth-order valence-corrected chi connectivity index (χ4v) is 0.997. The maximum Gasteiger partial charge on any atom is 0.178 e. The van der Waals surface area contributed by atoms with Crippen LogP contribution in [0.3, 0.4) is 0 Å². The Labute approximate surface area is 79.4 Å². The van der Waals surface area contributed by atoms with Gasteiger partial charge in [0.25, 0.3) is 0 Å². The molecule has 0 atom stereocenters. The van der Waals surface area contributed by atoms with Crippen LogP contribution in [0.4, 0.5) is 4.39 Å². The average Bonchev–Trinajstić information content (AvgIpc) is 2.16. The summed E-state index contributed by atoms with van der Waals surface area (Å²) in [7, 11) is 1.43. The lowest BCUT2D eigenvalue weighted by Gasteiger charge is -2.02. The van der Waals surface area contributed by atoms with Crippen LogP contribution in [0.5, 0.6) is 5.75 Å². The molecule has 1 aromatic carbocycles. The van der Waals surface area contributed by atoms with Crippen molar-refractivity contribution in [1.82, 2.24) is 0 Å². The van der Waals surface area contributed by atoms with Crippen molar-refractivity contribution in [3.8, 4) is 5.75 Å². The molecule has 0 saturated carbocycles. The number of benzene rings is 1. The Morgan fingerprint density at radius 3 is 2.77 bits per heavy atom. The highest BCUT2D eigenvalue weighted by Crippen LogP contribution is 2.17. The molecule has 0 unspecified atom stereocenters. The fraction of sp³-hybridized carbons (Fsp3) is 0.125. The van der Waals surface area contributed by atoms with Crippen molar-refractivity contribution in [2.45, 2.75) is 0 Å². The minimum atomic E-state index is -0.595. The first kappa shape index (κ1) is 9.80. The van der Waals surface area contributed by atoms with Crippen molar-refractivity contribution in [3.63, 3.8) is 0 Å². The molecular weight excluding hydrogens is 197 g/mol. The Bertz CT molecular complexity index is 341. The predicted octanol–water partition coefficient (Wildman–Crippen LogP) is 2.21. The van der Waals surface area contributed by atoms with Crippen LogP contribution in [-0.4, -0.2) is 17.5 Å². The van der Waals surface area contributed by atoms with Crippen LogP contribution < -0.4 is 4.74 Å². The molecule has 1 N–H and O–H groups in total. The van der Waals surface area contributed by atoms with Crippen LogP contribution in [0.1, 0.15) is 5.56 Å². The number of methoxy groups -OCH3 is 1. The molecule has 0 aliphatic carbocycles. The van der Waals surface area contributed by atoms with E-state index in [1.807, 2.05) is 0 Å². The van der Waals surface area contributed by atoms with Gasteiger partial charge in [0.1, 0.15) is 11.6 Å². The molecule has 0 fully saturated rings. The highest BCUT2D eigenvalue weighted by Gasteiger charge is 2.08. The molecule has 0 aromatic heterocycles. The van der Waals surface area contributed by atoms with Gasteiger partial charge in [-0.05, 0) is 12.1 Å². The number of oxime groups is 1. The normalized spacial score (nSPS) is 11.5. The first-order valence-electron chi connectivity index (χ1n) is 3.40. The van der Waals surface area contributed by atoms with E-state index in [1.54, 1.807) is 0 Å². The van der Waals surface area contributed by atoms with Gasteiger partial charge in [-0.3, -0.25) is 0 Å². The number of hydrogen-bond acceptors (Lipinski definition) is 3. The van der Waals surface area contributed by atoms with Gasteiger partial charge in [0.2, 0.25) is 0 Å². The molecule has 0 heterocycles. The van der Waals surface area contributed by atoms with E-state index in [0.717, 1.165) is 6.07 Å². The van der Waals surface area contributed by atoms with Crippen LogP contribution >= 0.6 is 11.6 Å². The molecular formula is C8H7ClFNO2. The Hall–Kier alpha value is -1.29. The molecule has 1 rings (SSSR count). The summed E-state index contributed by atoms with van der Waals surface area (Å²) in [6.45, 7) is 0. The second-order valence-electron chi connectivity index (χ2n) is 2.24. The fourth-order valence-electron chi connectivity index (χ4n) is 0.844. The standard InChI is InChI=1S/C8H7ClFNO2/c1-13-5-2-3-6(7(10)4-5)8(9)11-12/h2-4,12H,1H3. The van der Waals surface area contributed by atoms with Crippen molar-refractivity contribution in [3.05, 3.63) is 29.6 Å². The molecule has 0 bridgehead atoms. The summed E-state index contributed by atoms with van der Waals surface area (Å²) in [5.41, 5.74) is 0.0324. The van der Waals surface area contributed by atoms with Gasteiger partial charge in [-0.1, -0.05) is 16.8 Å². The largest absolute Gasteiger partial charge is 0.497 e. The highest BCUT2D eigenvalue weighted by molar-refractivity contribution is 6.69. The first-order valence-corrected chi connectivity index (χ1v) is 3.78. The van der Waals surface area contributed by atoms with Crippen molar-refractivity contribution in [1.29, 1.82) is 0 Å². The summed E-state index contributed by atoms with van der Waals surface area (Å²) in [6, 6.07) is 4.05. The zero-order valence-corrected chi connectivity index (χ0v) is 7.55. The zero-order chi connectivity index (χ0) is 9.84. The van der Waals surface area contributed by atoms with E-state index in [9.17, 15) is 4.39 Å². The lowest BCUT2D eigenvalue weighted by Crippen LogP contribution is -1.96. The van der Waals surface area contributed by atoms with E-state index >= 15 is 0 Å². The molecule has 13 heavy (non-hydrogen) atoms. The molecule has 0 radical (unpaired) electrons. The van der Waals surface area contributed by atoms with Crippen molar-refractivity contribution < 1.29 is 14.3 Å². The summed E-state index contributed by atoms with van der Waals surface area (Å²) in [5.74, 6) is -0.217. The number of nitrogens with zero attached hydrogens (tertiary/aromatic N) is 1. The van der Waals surface area contributed by atoms with Gasteiger partial charge < -0.3 is 9.94 Å². The van der Waals surface area contributed by atoms with E-state index in [1.165, 1.54) is 19.2 Å². The maximum absolute atomic E-state index is 13.1. The molecule has 0 aliphatic rings. The van der Waals surface area contributed by atoms with Gasteiger partial charge in [-0.2, -0.15) is 0 Å². The van der Waals surface area contributed by atoms with E-state index in [4.69, 9.17) is 21.5 Å². The van der Waals surface area contributed by atoms with Crippen molar-refractivity contribution >= 4 is 16.8 Å². The van der Waals surface area contributed by atoms with Crippen LogP contribution in [0, 0.1) is 5.82 Å². The monoisotopic (exact) mass is 203 g/mol. The summed E-state index contributed by atoms with van der Waals surface area (Å²) >= 11 is 5.41. The Morgan fingerprint density at radius 2 is 2.31 bits per heavy atom. The lowest BCUT2D eigenvalue weighted by molar-refractivity contribution is 0.320. The molecule has 70 valence electrons. The zero-order valence-electron chi connectivity index (χ0n) is 6.79. The van der Waals surface area contributed by atoms with Gasteiger partial charge in [0.05, 0.1) is 12.7 Å². The van der Waals surface area contributed by atoms with Gasteiger partial charge in [0, 0.05) is 6.07 Å². The van der Waals surface area contributed by atoms with E-state index in [2.05, 4.69) is 5.16 Å². The van der Waals surface area contributed by atoms with Gasteiger partial charge in [-0.15, -0.1) is 0 Å². The Balaban J connectivity index is 3.12. The predicted molar refractivity (Wildman–Crippen MR) is 47.1 cm³/mol. The second kappa shape index (κ2) is 4.09. The lowest BCUT2D eigenvalue weighted by atomic mass is 10.2. The van der Waals surface area contributed by atoms with Gasteiger partial charge >= 0.3 is 0 Å². The summed E-state index contributed by atoms with van der Waals surface area (Å²) in [5, 5.41) is 10.7. The van der Waals surface area contributed by atoms with Crippen LogP contribution in [0.25, 0.3) is 0 Å². The van der Waals surface area contributed by atoms with Crippen LogP contribution in [-0.2, 0) is 0 Å². The Morgan fingerprint density at radius 1 is 1.62 bits per heavy atom. The summed E-state index contributed by atoms with van der Waals surface area (Å²) < 4.78 is 17.9. The summed E-state index contributed by atoms with van der Waals surface area (Å²) in [6.07, 6.45) is 0. The van der Waals surface area contributed by atoms with E-state index in [-0.39, 0.29) is 10.7 Å². The minimum absolute atomic E-state index is 0.0324. The van der Waals surface area contributed by atoms with Gasteiger partial charge in [0.15, 0.2) is 5.17 Å². The van der Waals surface area contributed by atoms with Crippen LogP contribution in [0.15, 0.2) is 23.4 Å². The minimum Gasteiger partial charge on any atom is -0.497 e. The van der Waals surface area contributed by atoms with Crippen molar-refractivity contribution in [2.24, 2.45) is 5.16 Å². The van der Waals surface area contributed by atoms with E-state index < -0.39 is 5.82 Å². The third-order valence-electron chi connectivity index (χ3n) is 1.49. The molecule has 3 nitrogen and oxygen atoms in total. The SMILES string of the molecule is COc1ccc(C(Cl)=NO)c(F)c1. The molecule has 1 aromatic rings. The smallest absolute Gasteiger partial charge is 0.178 e. The Kier molecular flexibility index (Phi) is 3.08. The van der Waals surface area contributed by atoms with Gasteiger partial charge in [-0.25, -0.2) is 4.39 Å². The molecule has 0 amide bonds. The number of ether oxygens (including phenoxy) is 1. The van der Waals surface area contributed by atoms with Crippen molar-refractivity contribution in [2.75, 3.05) is 7.11 Å². The number of halogens is 2. The topological polar surface area (TPSA) is 41.8 Å².